The number of likely N-dealkylation sites (tertiary alicyclic amines) is 1. The molecule has 2 fully saturated rings. The molecule has 1 atom stereocenters. The molecule has 4 rings (SSSR count). The van der Waals surface area contributed by atoms with Crippen LogP contribution in [-0.2, 0) is 16.0 Å². The third kappa shape index (κ3) is 4.21. The molecule has 6 heteroatoms. The Morgan fingerprint density at radius 1 is 0.929 bits per heavy atom. The van der Waals surface area contributed by atoms with Gasteiger partial charge in [0.25, 0.3) is 0 Å². The maximum Gasteiger partial charge on any atom is 0.234 e. The van der Waals surface area contributed by atoms with E-state index in [1.165, 1.54) is 4.90 Å². The molecule has 0 saturated carbocycles. The van der Waals surface area contributed by atoms with Crippen LogP contribution in [0, 0.1) is 5.92 Å². The van der Waals surface area contributed by atoms with Gasteiger partial charge in [0.15, 0.2) is 0 Å². The van der Waals surface area contributed by atoms with E-state index in [1.54, 1.807) is 0 Å². The van der Waals surface area contributed by atoms with Gasteiger partial charge in [-0.1, -0.05) is 48.0 Å². The summed E-state index contributed by atoms with van der Waals surface area (Å²) in [5.74, 6) is -0.322. The fourth-order valence-electron chi connectivity index (χ4n) is 3.98. The summed E-state index contributed by atoms with van der Waals surface area (Å²) in [5, 5.41) is 0.734. The number of rotatable bonds is 5. The van der Waals surface area contributed by atoms with Crippen LogP contribution in [0.2, 0.25) is 5.02 Å². The Hall–Kier alpha value is -2.37. The van der Waals surface area contributed by atoms with E-state index < -0.39 is 0 Å². The molecule has 2 heterocycles. The minimum absolute atomic E-state index is 0.0360. The van der Waals surface area contributed by atoms with Gasteiger partial charge in [-0.2, -0.15) is 0 Å². The van der Waals surface area contributed by atoms with Crippen molar-refractivity contribution in [3.05, 3.63) is 65.2 Å². The predicted octanol–water partition coefficient (Wildman–Crippen LogP) is 3.04. The van der Waals surface area contributed by atoms with E-state index in [4.69, 9.17) is 11.6 Å². The van der Waals surface area contributed by atoms with Gasteiger partial charge in [0.2, 0.25) is 11.8 Å². The molecule has 0 aliphatic carbocycles. The average molecular weight is 398 g/mol. The van der Waals surface area contributed by atoms with Gasteiger partial charge >= 0.3 is 0 Å². The monoisotopic (exact) mass is 397 g/mol. The molecule has 0 radical (unpaired) electrons. The first kappa shape index (κ1) is 19.0. The Kier molecular flexibility index (Phi) is 5.64. The lowest BCUT2D eigenvalue weighted by Crippen LogP contribution is -2.51. The van der Waals surface area contributed by atoms with E-state index in [-0.39, 0.29) is 17.7 Å². The molecule has 2 aromatic rings. The summed E-state index contributed by atoms with van der Waals surface area (Å²) >= 11 is 6.09. The van der Waals surface area contributed by atoms with E-state index in [9.17, 15) is 9.59 Å². The van der Waals surface area contributed by atoms with Crippen LogP contribution in [0.3, 0.4) is 0 Å². The SMILES string of the molecule is O=C1CC(Cc2ccccc2)C(=O)N1CN1CCN(c2cccc(Cl)c2)CC1. The van der Waals surface area contributed by atoms with Gasteiger partial charge < -0.3 is 4.90 Å². The molecule has 0 spiro atoms. The maximum atomic E-state index is 12.8. The molecule has 2 amide bonds. The third-order valence-corrected chi connectivity index (χ3v) is 5.78. The lowest BCUT2D eigenvalue weighted by molar-refractivity contribution is -0.141. The number of anilines is 1. The lowest BCUT2D eigenvalue weighted by Gasteiger charge is -2.37. The van der Waals surface area contributed by atoms with Crippen LogP contribution in [0.4, 0.5) is 5.69 Å². The highest BCUT2D eigenvalue weighted by atomic mass is 35.5. The summed E-state index contributed by atoms with van der Waals surface area (Å²) in [5.41, 5.74) is 2.22. The number of nitrogens with zero attached hydrogens (tertiary/aromatic N) is 3. The van der Waals surface area contributed by atoms with Gasteiger partial charge in [-0.15, -0.1) is 0 Å². The number of benzene rings is 2. The van der Waals surface area contributed by atoms with Crippen LogP contribution >= 0.6 is 11.6 Å². The molecular weight excluding hydrogens is 374 g/mol. The zero-order valence-electron chi connectivity index (χ0n) is 15.8. The van der Waals surface area contributed by atoms with Crippen molar-refractivity contribution in [2.75, 3.05) is 37.7 Å². The van der Waals surface area contributed by atoms with Crippen molar-refractivity contribution in [1.29, 1.82) is 0 Å². The summed E-state index contributed by atoms with van der Waals surface area (Å²) in [6.07, 6.45) is 0.945. The Morgan fingerprint density at radius 2 is 1.68 bits per heavy atom. The molecule has 28 heavy (non-hydrogen) atoms. The van der Waals surface area contributed by atoms with Crippen molar-refractivity contribution in [2.45, 2.75) is 12.8 Å². The summed E-state index contributed by atoms with van der Waals surface area (Å²) in [6.45, 7) is 3.72. The number of halogens is 1. The molecule has 0 bridgehead atoms. The lowest BCUT2D eigenvalue weighted by atomic mass is 9.98. The summed E-state index contributed by atoms with van der Waals surface area (Å²) in [4.78, 5) is 31.1. The normalized spacial score (nSPS) is 20.8. The first-order valence-electron chi connectivity index (χ1n) is 9.71. The van der Waals surface area contributed by atoms with Crippen LogP contribution in [-0.4, -0.2) is 54.5 Å². The molecule has 1 unspecified atom stereocenters. The second kappa shape index (κ2) is 8.33. The van der Waals surface area contributed by atoms with E-state index in [0.717, 1.165) is 42.5 Å². The fourth-order valence-corrected chi connectivity index (χ4v) is 4.16. The summed E-state index contributed by atoms with van der Waals surface area (Å²) < 4.78 is 0. The van der Waals surface area contributed by atoms with Crippen molar-refractivity contribution in [1.82, 2.24) is 9.80 Å². The van der Waals surface area contributed by atoms with Gasteiger partial charge in [0.05, 0.1) is 12.6 Å². The van der Waals surface area contributed by atoms with E-state index in [1.807, 2.05) is 48.5 Å². The first-order valence-corrected chi connectivity index (χ1v) is 10.1. The summed E-state index contributed by atoms with van der Waals surface area (Å²) in [7, 11) is 0. The number of carbonyl (C=O) groups excluding carboxylic acids is 2. The molecule has 2 aliphatic heterocycles. The Balaban J connectivity index is 1.32. The van der Waals surface area contributed by atoms with Crippen molar-refractivity contribution in [3.63, 3.8) is 0 Å². The zero-order chi connectivity index (χ0) is 19.5. The molecule has 146 valence electrons. The number of hydrogen-bond donors (Lipinski definition) is 0. The number of carbonyl (C=O) groups is 2. The van der Waals surface area contributed by atoms with Crippen molar-refractivity contribution in [2.24, 2.45) is 5.92 Å². The fraction of sp³-hybridized carbons (Fsp3) is 0.364. The quantitative estimate of drug-likeness (QED) is 0.727. The third-order valence-electron chi connectivity index (χ3n) is 5.55. The topological polar surface area (TPSA) is 43.9 Å². The van der Waals surface area contributed by atoms with Crippen LogP contribution in [0.15, 0.2) is 54.6 Å². The van der Waals surface area contributed by atoms with Gasteiger partial charge in [0.1, 0.15) is 0 Å². The Labute approximate surface area is 170 Å². The van der Waals surface area contributed by atoms with Crippen molar-refractivity contribution < 1.29 is 9.59 Å². The van der Waals surface area contributed by atoms with Gasteiger partial charge in [-0.3, -0.25) is 19.4 Å². The zero-order valence-corrected chi connectivity index (χ0v) is 16.5. The smallest absolute Gasteiger partial charge is 0.234 e. The average Bonchev–Trinajstić information content (AvgIpc) is 2.97. The van der Waals surface area contributed by atoms with Crippen LogP contribution in [0.1, 0.15) is 12.0 Å². The van der Waals surface area contributed by atoms with Crippen LogP contribution in [0.25, 0.3) is 0 Å². The second-order valence-electron chi connectivity index (χ2n) is 7.48. The summed E-state index contributed by atoms with van der Waals surface area (Å²) in [6, 6.07) is 17.8. The Bertz CT molecular complexity index is 850. The minimum atomic E-state index is -0.234. The number of imide groups is 1. The van der Waals surface area contributed by atoms with E-state index in [0.29, 0.717) is 19.5 Å². The standard InChI is InChI=1S/C22H24ClN3O2/c23-19-7-4-8-20(15-19)25-11-9-24(10-12-25)16-26-21(27)14-18(22(26)28)13-17-5-2-1-3-6-17/h1-8,15,18H,9-14,16H2. The number of hydrogen-bond acceptors (Lipinski definition) is 4. The highest BCUT2D eigenvalue weighted by Crippen LogP contribution is 2.25. The number of piperazine rings is 1. The molecule has 0 N–H and O–H groups in total. The van der Waals surface area contributed by atoms with Gasteiger partial charge in [-0.05, 0) is 30.2 Å². The van der Waals surface area contributed by atoms with Crippen LogP contribution < -0.4 is 4.90 Å². The highest BCUT2D eigenvalue weighted by molar-refractivity contribution is 6.30. The largest absolute Gasteiger partial charge is 0.369 e. The van der Waals surface area contributed by atoms with E-state index >= 15 is 0 Å². The Morgan fingerprint density at radius 3 is 2.39 bits per heavy atom. The van der Waals surface area contributed by atoms with E-state index in [2.05, 4.69) is 15.9 Å². The number of amides is 2. The highest BCUT2D eigenvalue weighted by Gasteiger charge is 2.39. The van der Waals surface area contributed by atoms with Crippen molar-refractivity contribution in [3.8, 4) is 0 Å². The minimum Gasteiger partial charge on any atom is -0.369 e. The first-order chi connectivity index (χ1) is 13.6. The van der Waals surface area contributed by atoms with Crippen molar-refractivity contribution >= 4 is 29.1 Å². The van der Waals surface area contributed by atoms with Gasteiger partial charge in [0, 0.05) is 43.3 Å². The molecule has 5 nitrogen and oxygen atoms in total. The van der Waals surface area contributed by atoms with Gasteiger partial charge in [-0.25, -0.2) is 0 Å². The molecule has 2 saturated heterocycles. The maximum absolute atomic E-state index is 12.8. The molecule has 2 aromatic carbocycles. The molecular formula is C22H24ClN3O2. The predicted molar refractivity (Wildman–Crippen MR) is 110 cm³/mol. The molecule has 2 aliphatic rings. The molecule has 0 aromatic heterocycles. The van der Waals surface area contributed by atoms with Crippen LogP contribution in [0.5, 0.6) is 0 Å². The second-order valence-corrected chi connectivity index (χ2v) is 7.91.